The third kappa shape index (κ3) is 2.70. The summed E-state index contributed by atoms with van der Waals surface area (Å²) < 4.78 is 5.38. The van der Waals surface area contributed by atoms with E-state index in [9.17, 15) is 4.79 Å². The second-order valence-corrected chi connectivity index (χ2v) is 5.85. The van der Waals surface area contributed by atoms with Gasteiger partial charge in [-0.05, 0) is 40.6 Å². The molecular formula is C20H12ClNO2. The molecule has 24 heavy (non-hydrogen) atoms. The van der Waals surface area contributed by atoms with Gasteiger partial charge in [-0.3, -0.25) is 0 Å². The lowest BCUT2D eigenvalue weighted by atomic mass is 10.0. The van der Waals surface area contributed by atoms with Crippen LogP contribution >= 0.6 is 11.6 Å². The molecule has 3 aromatic carbocycles. The summed E-state index contributed by atoms with van der Waals surface area (Å²) in [6.45, 7) is 0. The van der Waals surface area contributed by atoms with Gasteiger partial charge in [0.25, 0.3) is 0 Å². The molecule has 4 rings (SSSR count). The molecule has 0 aromatic heterocycles. The Morgan fingerprint density at radius 3 is 2.50 bits per heavy atom. The number of carbonyl (C=O) groups excluding carboxylic acids is 1. The van der Waals surface area contributed by atoms with Crippen molar-refractivity contribution in [3.63, 3.8) is 0 Å². The largest absolute Gasteiger partial charge is 0.402 e. The highest BCUT2D eigenvalue weighted by molar-refractivity contribution is 6.30. The summed E-state index contributed by atoms with van der Waals surface area (Å²) in [5.41, 5.74) is 1.93. The number of benzene rings is 3. The minimum absolute atomic E-state index is 0.278. The van der Waals surface area contributed by atoms with E-state index in [2.05, 4.69) is 4.99 Å². The van der Waals surface area contributed by atoms with Gasteiger partial charge in [0.2, 0.25) is 5.90 Å². The average Bonchev–Trinajstić information content (AvgIpc) is 2.97. The molecule has 3 nitrogen and oxygen atoms in total. The number of hydrogen-bond donors (Lipinski definition) is 0. The number of hydrogen-bond acceptors (Lipinski definition) is 3. The van der Waals surface area contributed by atoms with Crippen LogP contribution < -0.4 is 0 Å². The Morgan fingerprint density at radius 2 is 1.67 bits per heavy atom. The van der Waals surface area contributed by atoms with Crippen LogP contribution in [0.5, 0.6) is 0 Å². The van der Waals surface area contributed by atoms with Gasteiger partial charge in [0.1, 0.15) is 0 Å². The maximum atomic E-state index is 12.1. The van der Waals surface area contributed by atoms with E-state index in [1.807, 2.05) is 54.6 Å². The Morgan fingerprint density at radius 1 is 0.917 bits per heavy atom. The van der Waals surface area contributed by atoms with Crippen LogP contribution in [0.15, 0.2) is 77.4 Å². The molecule has 0 unspecified atom stereocenters. The Labute approximate surface area is 143 Å². The zero-order valence-electron chi connectivity index (χ0n) is 12.6. The number of nitrogens with zero attached hydrogens (tertiary/aromatic N) is 1. The molecule has 0 N–H and O–H groups in total. The molecule has 4 heteroatoms. The first-order valence-electron chi connectivity index (χ1n) is 7.47. The van der Waals surface area contributed by atoms with E-state index in [0.29, 0.717) is 10.9 Å². The van der Waals surface area contributed by atoms with Crippen LogP contribution in [0.25, 0.3) is 16.8 Å². The normalized spacial score (nSPS) is 15.6. The molecule has 0 spiro atoms. The molecule has 0 fully saturated rings. The highest BCUT2D eigenvalue weighted by Crippen LogP contribution is 2.25. The molecule has 1 heterocycles. The molecular weight excluding hydrogens is 322 g/mol. The van der Waals surface area contributed by atoms with Crippen molar-refractivity contribution < 1.29 is 9.53 Å². The number of ether oxygens (including phenoxy) is 1. The smallest absolute Gasteiger partial charge is 0.363 e. The minimum Gasteiger partial charge on any atom is -0.402 e. The van der Waals surface area contributed by atoms with Gasteiger partial charge in [-0.25, -0.2) is 9.79 Å². The van der Waals surface area contributed by atoms with E-state index < -0.39 is 5.97 Å². The highest BCUT2D eigenvalue weighted by atomic mass is 35.5. The molecule has 0 saturated carbocycles. The summed E-state index contributed by atoms with van der Waals surface area (Å²) >= 11 is 5.88. The van der Waals surface area contributed by atoms with Crippen molar-refractivity contribution in [3.05, 3.63) is 88.6 Å². The first-order valence-corrected chi connectivity index (χ1v) is 7.85. The van der Waals surface area contributed by atoms with Crippen LogP contribution in [-0.4, -0.2) is 11.9 Å². The van der Waals surface area contributed by atoms with Gasteiger partial charge in [0.05, 0.1) is 0 Å². The number of carbonyl (C=O) groups is 1. The van der Waals surface area contributed by atoms with E-state index in [1.165, 1.54) is 0 Å². The van der Waals surface area contributed by atoms with E-state index in [-0.39, 0.29) is 5.70 Å². The predicted octanol–water partition coefficient (Wildman–Crippen LogP) is 4.84. The zero-order chi connectivity index (χ0) is 16.5. The zero-order valence-corrected chi connectivity index (χ0v) is 13.3. The summed E-state index contributed by atoms with van der Waals surface area (Å²) in [6, 6.07) is 21.0. The Bertz CT molecular complexity index is 998. The van der Waals surface area contributed by atoms with Crippen molar-refractivity contribution in [1.29, 1.82) is 0 Å². The van der Waals surface area contributed by atoms with Crippen LogP contribution in [-0.2, 0) is 9.53 Å². The average molecular weight is 334 g/mol. The number of fused-ring (bicyclic) bond motifs is 1. The molecule has 0 amide bonds. The van der Waals surface area contributed by atoms with E-state index in [1.54, 1.807) is 18.2 Å². The van der Waals surface area contributed by atoms with E-state index in [0.717, 1.165) is 21.9 Å². The van der Waals surface area contributed by atoms with Crippen LogP contribution in [0.1, 0.15) is 11.1 Å². The maximum Gasteiger partial charge on any atom is 0.363 e. The number of rotatable bonds is 2. The SMILES string of the molecule is O=C1OC(c2cccc3ccccc23)=N/C1=C/c1ccc(Cl)cc1. The minimum atomic E-state index is -0.451. The third-order valence-electron chi connectivity index (χ3n) is 3.81. The monoisotopic (exact) mass is 333 g/mol. The Hall–Kier alpha value is -2.91. The van der Waals surface area contributed by atoms with Gasteiger partial charge >= 0.3 is 5.97 Å². The second-order valence-electron chi connectivity index (χ2n) is 5.41. The summed E-state index contributed by atoms with van der Waals surface area (Å²) in [5.74, 6) is -0.120. The van der Waals surface area contributed by atoms with Crippen molar-refractivity contribution in [2.45, 2.75) is 0 Å². The van der Waals surface area contributed by atoms with Crippen LogP contribution in [0.4, 0.5) is 0 Å². The van der Waals surface area contributed by atoms with Crippen LogP contribution in [0.3, 0.4) is 0 Å². The van der Waals surface area contributed by atoms with Gasteiger partial charge in [-0.15, -0.1) is 0 Å². The fraction of sp³-hybridized carbons (Fsp3) is 0. The second kappa shape index (κ2) is 5.95. The lowest BCUT2D eigenvalue weighted by Crippen LogP contribution is -2.05. The first-order chi connectivity index (χ1) is 11.7. The summed E-state index contributed by atoms with van der Waals surface area (Å²) in [5, 5.41) is 2.72. The molecule has 0 atom stereocenters. The van der Waals surface area contributed by atoms with Crippen molar-refractivity contribution in [3.8, 4) is 0 Å². The van der Waals surface area contributed by atoms with Crippen molar-refractivity contribution in [2.24, 2.45) is 4.99 Å². The first kappa shape index (κ1) is 14.7. The predicted molar refractivity (Wildman–Crippen MR) is 96.0 cm³/mol. The quantitative estimate of drug-likeness (QED) is 0.497. The van der Waals surface area contributed by atoms with Gasteiger partial charge < -0.3 is 4.74 Å². The molecule has 0 radical (unpaired) electrons. The summed E-state index contributed by atoms with van der Waals surface area (Å²) in [7, 11) is 0. The van der Waals surface area contributed by atoms with Gasteiger partial charge in [-0.1, -0.05) is 60.1 Å². The standard InChI is InChI=1S/C20H12ClNO2/c21-15-10-8-13(9-11-15)12-18-20(23)24-19(22-18)17-7-3-5-14-4-1-2-6-16(14)17/h1-12H/b18-12+. The molecule has 0 bridgehead atoms. The van der Waals surface area contributed by atoms with Gasteiger partial charge in [-0.2, -0.15) is 0 Å². The van der Waals surface area contributed by atoms with Gasteiger partial charge in [0, 0.05) is 10.6 Å². The lowest BCUT2D eigenvalue weighted by molar-refractivity contribution is -0.129. The van der Waals surface area contributed by atoms with Crippen LogP contribution in [0, 0.1) is 0 Å². The number of aliphatic imine (C=N–C) groups is 1. The number of halogens is 1. The molecule has 3 aromatic rings. The van der Waals surface area contributed by atoms with Gasteiger partial charge in [0.15, 0.2) is 5.70 Å². The maximum absolute atomic E-state index is 12.1. The fourth-order valence-corrected chi connectivity index (χ4v) is 2.78. The van der Waals surface area contributed by atoms with E-state index >= 15 is 0 Å². The van der Waals surface area contributed by atoms with E-state index in [4.69, 9.17) is 16.3 Å². The molecule has 0 saturated heterocycles. The number of esters is 1. The molecule has 1 aliphatic rings. The van der Waals surface area contributed by atoms with Crippen molar-refractivity contribution in [2.75, 3.05) is 0 Å². The molecule has 116 valence electrons. The molecule has 1 aliphatic heterocycles. The summed E-state index contributed by atoms with van der Waals surface area (Å²) in [4.78, 5) is 16.5. The van der Waals surface area contributed by atoms with Crippen molar-refractivity contribution in [1.82, 2.24) is 0 Å². The van der Waals surface area contributed by atoms with Crippen LogP contribution in [0.2, 0.25) is 5.02 Å². The Kier molecular flexibility index (Phi) is 3.63. The van der Waals surface area contributed by atoms with Crippen molar-refractivity contribution >= 4 is 40.3 Å². The lowest BCUT2D eigenvalue weighted by Gasteiger charge is -2.04. The topological polar surface area (TPSA) is 38.7 Å². The fourth-order valence-electron chi connectivity index (χ4n) is 2.65. The summed E-state index contributed by atoms with van der Waals surface area (Å²) in [6.07, 6.45) is 1.69. The highest BCUT2D eigenvalue weighted by Gasteiger charge is 2.25. The number of cyclic esters (lactones) is 1. The molecule has 0 aliphatic carbocycles. The Balaban J connectivity index is 1.77. The third-order valence-corrected chi connectivity index (χ3v) is 4.07.